The first-order chi connectivity index (χ1) is 5.77. The fraction of sp³-hybridized carbons (Fsp3) is 0.143. The van der Waals surface area contributed by atoms with Gasteiger partial charge in [-0.3, -0.25) is 0 Å². The molecule has 0 aliphatic heterocycles. The Labute approximate surface area is 70.0 Å². The van der Waals surface area contributed by atoms with Crippen molar-refractivity contribution < 1.29 is 4.74 Å². The summed E-state index contributed by atoms with van der Waals surface area (Å²) in [6, 6.07) is 5.18. The Hall–Kier alpha value is -1.78. The molecule has 0 aliphatic carbocycles. The third kappa shape index (κ3) is 1.63. The monoisotopic (exact) mass is 166 g/mol. The highest BCUT2D eigenvalue weighted by atomic mass is 16.5. The molecule has 0 bridgehead atoms. The molecule has 0 unspecified atom stereocenters. The van der Waals surface area contributed by atoms with Crippen LogP contribution in [0.25, 0.3) is 0 Å². The molecular weight excluding hydrogens is 156 g/mol. The van der Waals surface area contributed by atoms with Crippen LogP contribution >= 0.6 is 0 Å². The van der Waals surface area contributed by atoms with Gasteiger partial charge in [-0.05, 0) is 6.07 Å². The third-order valence-corrected chi connectivity index (χ3v) is 1.33. The van der Waals surface area contributed by atoms with Crippen molar-refractivity contribution in [3.8, 4) is 5.88 Å². The normalized spacial score (nSPS) is 11.2. The van der Waals surface area contributed by atoms with Gasteiger partial charge in [0.15, 0.2) is 5.84 Å². The first-order valence-electron chi connectivity index (χ1n) is 3.32. The van der Waals surface area contributed by atoms with Crippen LogP contribution in [0, 0.1) is 0 Å². The number of nitrogens with zero attached hydrogens (tertiary/aromatic N) is 2. The highest BCUT2D eigenvalue weighted by molar-refractivity contribution is 5.95. The Morgan fingerprint density at radius 2 is 2.33 bits per heavy atom. The SMILES string of the molecule is COc1cccc(/C(N)=N/N)n1. The third-order valence-electron chi connectivity index (χ3n) is 1.33. The molecule has 1 aromatic heterocycles. The van der Waals surface area contributed by atoms with Crippen molar-refractivity contribution in [3.63, 3.8) is 0 Å². The zero-order chi connectivity index (χ0) is 8.97. The minimum Gasteiger partial charge on any atom is -0.481 e. The second kappa shape index (κ2) is 3.56. The Balaban J connectivity index is 3.02. The summed E-state index contributed by atoms with van der Waals surface area (Å²) in [5, 5.41) is 3.31. The van der Waals surface area contributed by atoms with Crippen LogP contribution in [0.2, 0.25) is 0 Å². The van der Waals surface area contributed by atoms with Crippen molar-refractivity contribution >= 4 is 5.84 Å². The quantitative estimate of drug-likeness (QED) is 0.272. The van der Waals surface area contributed by atoms with Gasteiger partial charge in [-0.1, -0.05) is 6.07 Å². The highest BCUT2D eigenvalue weighted by Gasteiger charge is 2.00. The molecule has 0 fully saturated rings. The molecule has 5 heteroatoms. The summed E-state index contributed by atoms with van der Waals surface area (Å²) < 4.78 is 4.89. The van der Waals surface area contributed by atoms with Gasteiger partial charge in [0.05, 0.1) is 7.11 Å². The molecule has 0 amide bonds. The lowest BCUT2D eigenvalue weighted by molar-refractivity contribution is 0.397. The maximum absolute atomic E-state index is 5.42. The Bertz CT molecular complexity index is 297. The second-order valence-electron chi connectivity index (χ2n) is 2.08. The Morgan fingerprint density at radius 3 is 2.92 bits per heavy atom. The van der Waals surface area contributed by atoms with E-state index in [0.717, 1.165) is 0 Å². The standard InChI is InChI=1S/C7H10N4O/c1-12-6-4-2-3-5(10-6)7(8)11-9/h2-4H,9H2,1H3,(H2,8,11). The molecule has 12 heavy (non-hydrogen) atoms. The van der Waals surface area contributed by atoms with Crippen molar-refractivity contribution in [1.82, 2.24) is 4.98 Å². The van der Waals surface area contributed by atoms with Gasteiger partial charge in [-0.25, -0.2) is 4.98 Å². The molecular formula is C7H10N4O. The van der Waals surface area contributed by atoms with Crippen LogP contribution in [-0.2, 0) is 0 Å². The minimum absolute atomic E-state index is 0.189. The van der Waals surface area contributed by atoms with E-state index >= 15 is 0 Å². The van der Waals surface area contributed by atoms with E-state index in [4.69, 9.17) is 16.3 Å². The molecule has 0 radical (unpaired) electrons. The fourth-order valence-corrected chi connectivity index (χ4v) is 0.737. The maximum Gasteiger partial charge on any atom is 0.213 e. The summed E-state index contributed by atoms with van der Waals surface area (Å²) >= 11 is 0. The number of hydrogen-bond donors (Lipinski definition) is 2. The predicted octanol–water partition coefficient (Wildman–Crippen LogP) is -0.331. The van der Waals surface area contributed by atoms with Gasteiger partial charge < -0.3 is 16.3 Å². The molecule has 4 N–H and O–H groups in total. The topological polar surface area (TPSA) is 86.5 Å². The number of rotatable bonds is 2. The van der Waals surface area contributed by atoms with Crippen LogP contribution in [-0.4, -0.2) is 17.9 Å². The van der Waals surface area contributed by atoms with Crippen molar-refractivity contribution in [2.24, 2.45) is 16.7 Å². The molecule has 0 saturated heterocycles. The largest absolute Gasteiger partial charge is 0.481 e. The second-order valence-corrected chi connectivity index (χ2v) is 2.08. The highest BCUT2D eigenvalue weighted by Crippen LogP contribution is 2.05. The van der Waals surface area contributed by atoms with E-state index in [9.17, 15) is 0 Å². The number of nitrogens with two attached hydrogens (primary N) is 2. The summed E-state index contributed by atoms with van der Waals surface area (Å²) in [6.45, 7) is 0. The van der Waals surface area contributed by atoms with E-state index in [1.54, 1.807) is 18.2 Å². The van der Waals surface area contributed by atoms with Gasteiger partial charge in [0.1, 0.15) is 5.69 Å². The lowest BCUT2D eigenvalue weighted by Gasteiger charge is -2.00. The summed E-state index contributed by atoms with van der Waals surface area (Å²) in [6.07, 6.45) is 0. The number of hydrazone groups is 1. The minimum atomic E-state index is 0.189. The number of amidine groups is 1. The molecule has 0 spiro atoms. The lowest BCUT2D eigenvalue weighted by Crippen LogP contribution is -2.17. The van der Waals surface area contributed by atoms with E-state index in [1.807, 2.05) is 0 Å². The zero-order valence-electron chi connectivity index (χ0n) is 6.69. The number of ether oxygens (including phenoxy) is 1. The molecule has 1 heterocycles. The zero-order valence-corrected chi connectivity index (χ0v) is 6.69. The lowest BCUT2D eigenvalue weighted by atomic mass is 10.3. The van der Waals surface area contributed by atoms with Crippen LogP contribution in [0.5, 0.6) is 5.88 Å². The van der Waals surface area contributed by atoms with E-state index in [2.05, 4.69) is 10.1 Å². The molecule has 1 aromatic rings. The Morgan fingerprint density at radius 1 is 1.58 bits per heavy atom. The smallest absolute Gasteiger partial charge is 0.213 e. The number of methoxy groups -OCH3 is 1. The average molecular weight is 166 g/mol. The molecule has 64 valence electrons. The van der Waals surface area contributed by atoms with Crippen molar-refractivity contribution in [1.29, 1.82) is 0 Å². The van der Waals surface area contributed by atoms with Gasteiger partial charge in [0, 0.05) is 6.07 Å². The molecule has 0 saturated carbocycles. The first kappa shape index (κ1) is 8.32. The van der Waals surface area contributed by atoms with Crippen molar-refractivity contribution in [3.05, 3.63) is 23.9 Å². The van der Waals surface area contributed by atoms with E-state index in [0.29, 0.717) is 11.6 Å². The molecule has 5 nitrogen and oxygen atoms in total. The van der Waals surface area contributed by atoms with Crippen LogP contribution < -0.4 is 16.3 Å². The van der Waals surface area contributed by atoms with Gasteiger partial charge in [-0.2, -0.15) is 5.10 Å². The molecule has 0 atom stereocenters. The number of aromatic nitrogens is 1. The first-order valence-corrected chi connectivity index (χ1v) is 3.32. The van der Waals surface area contributed by atoms with Crippen molar-refractivity contribution in [2.45, 2.75) is 0 Å². The fourth-order valence-electron chi connectivity index (χ4n) is 0.737. The van der Waals surface area contributed by atoms with Gasteiger partial charge in [0.2, 0.25) is 5.88 Å². The van der Waals surface area contributed by atoms with E-state index < -0.39 is 0 Å². The molecule has 0 aliphatic rings. The van der Waals surface area contributed by atoms with Gasteiger partial charge >= 0.3 is 0 Å². The predicted molar refractivity (Wildman–Crippen MR) is 45.7 cm³/mol. The average Bonchev–Trinajstić information content (AvgIpc) is 2.17. The van der Waals surface area contributed by atoms with Crippen LogP contribution in [0.3, 0.4) is 0 Å². The summed E-state index contributed by atoms with van der Waals surface area (Å²) in [4.78, 5) is 4.00. The number of hydrogen-bond acceptors (Lipinski definition) is 4. The summed E-state index contributed by atoms with van der Waals surface area (Å²) in [5.41, 5.74) is 5.94. The van der Waals surface area contributed by atoms with E-state index in [-0.39, 0.29) is 5.84 Å². The molecule has 1 rings (SSSR count). The van der Waals surface area contributed by atoms with Crippen LogP contribution in [0.1, 0.15) is 5.69 Å². The van der Waals surface area contributed by atoms with Gasteiger partial charge in [-0.15, -0.1) is 0 Å². The van der Waals surface area contributed by atoms with E-state index in [1.165, 1.54) is 7.11 Å². The maximum atomic E-state index is 5.42. The van der Waals surface area contributed by atoms with Crippen LogP contribution in [0.4, 0.5) is 0 Å². The van der Waals surface area contributed by atoms with Gasteiger partial charge in [0.25, 0.3) is 0 Å². The van der Waals surface area contributed by atoms with Crippen LogP contribution in [0.15, 0.2) is 23.3 Å². The Kier molecular flexibility index (Phi) is 2.47. The summed E-state index contributed by atoms with van der Waals surface area (Å²) in [5.74, 6) is 5.65. The number of pyridine rings is 1. The molecule has 0 aromatic carbocycles. The summed E-state index contributed by atoms with van der Waals surface area (Å²) in [7, 11) is 1.53. The van der Waals surface area contributed by atoms with Crippen molar-refractivity contribution in [2.75, 3.05) is 7.11 Å².